The average molecular weight is 326 g/mol. The van der Waals surface area contributed by atoms with Gasteiger partial charge in [-0.2, -0.15) is 0 Å². The van der Waals surface area contributed by atoms with Crippen molar-refractivity contribution in [1.82, 2.24) is 15.1 Å². The molecule has 131 valence electrons. The minimum atomic E-state index is -0.806. The number of hydrogen-bond donors (Lipinski definition) is 2. The van der Waals surface area contributed by atoms with Crippen LogP contribution in [0.4, 0.5) is 4.79 Å². The lowest BCUT2D eigenvalue weighted by Crippen LogP contribution is -2.55. The summed E-state index contributed by atoms with van der Waals surface area (Å²) in [5, 5.41) is 12.4. The number of piperazine rings is 1. The smallest absolute Gasteiger partial charge is 0.410 e. The molecule has 2 saturated heterocycles. The Morgan fingerprint density at radius 1 is 1.30 bits per heavy atom. The van der Waals surface area contributed by atoms with Gasteiger partial charge in [0.15, 0.2) is 0 Å². The second-order valence-corrected chi connectivity index (χ2v) is 7.28. The molecule has 0 aromatic rings. The highest BCUT2D eigenvalue weighted by Crippen LogP contribution is 2.26. The van der Waals surface area contributed by atoms with E-state index in [2.05, 4.69) is 5.32 Å². The summed E-state index contributed by atoms with van der Waals surface area (Å²) in [5.74, 6) is -0.420. The molecular formula is C16H28N3O4. The molecule has 2 heterocycles. The van der Waals surface area contributed by atoms with E-state index in [1.165, 1.54) is 0 Å². The van der Waals surface area contributed by atoms with Gasteiger partial charge in [0.25, 0.3) is 0 Å². The number of amides is 1. The van der Waals surface area contributed by atoms with Crippen LogP contribution < -0.4 is 5.32 Å². The number of carboxylic acids is 1. The third-order valence-electron chi connectivity index (χ3n) is 4.30. The van der Waals surface area contributed by atoms with E-state index in [9.17, 15) is 9.59 Å². The fourth-order valence-electron chi connectivity index (χ4n) is 3.23. The van der Waals surface area contributed by atoms with Crippen molar-refractivity contribution in [3.05, 3.63) is 6.54 Å². The zero-order valence-corrected chi connectivity index (χ0v) is 14.2. The summed E-state index contributed by atoms with van der Waals surface area (Å²) in [6.45, 7) is 10.4. The van der Waals surface area contributed by atoms with Gasteiger partial charge in [0, 0.05) is 38.8 Å². The molecule has 1 amide bonds. The summed E-state index contributed by atoms with van der Waals surface area (Å²) in [6, 6.07) is 0.181. The number of nitrogens with one attached hydrogen (secondary N) is 1. The zero-order valence-electron chi connectivity index (χ0n) is 14.2. The number of hydrogen-bond acceptors (Lipinski definition) is 5. The van der Waals surface area contributed by atoms with Gasteiger partial charge in [0.1, 0.15) is 5.60 Å². The molecule has 7 nitrogen and oxygen atoms in total. The van der Waals surface area contributed by atoms with Crippen molar-refractivity contribution in [1.29, 1.82) is 0 Å². The number of rotatable bonds is 3. The van der Waals surface area contributed by atoms with Crippen LogP contribution in [0.15, 0.2) is 0 Å². The highest BCUT2D eigenvalue weighted by atomic mass is 16.6. The van der Waals surface area contributed by atoms with E-state index in [0.717, 1.165) is 19.4 Å². The summed E-state index contributed by atoms with van der Waals surface area (Å²) in [6.07, 6.45) is 1.48. The number of aliphatic carboxylic acids is 1. The fourth-order valence-corrected chi connectivity index (χ4v) is 3.23. The minimum absolute atomic E-state index is 0.0403. The molecule has 0 aliphatic carbocycles. The molecule has 7 heteroatoms. The summed E-state index contributed by atoms with van der Waals surface area (Å²) in [4.78, 5) is 26.8. The van der Waals surface area contributed by atoms with E-state index in [1.807, 2.05) is 32.2 Å². The van der Waals surface area contributed by atoms with Gasteiger partial charge in [-0.3, -0.25) is 9.69 Å². The molecule has 2 aliphatic rings. The first-order chi connectivity index (χ1) is 10.8. The lowest BCUT2D eigenvalue weighted by Gasteiger charge is -2.43. The lowest BCUT2D eigenvalue weighted by molar-refractivity contribution is -0.139. The van der Waals surface area contributed by atoms with E-state index < -0.39 is 11.6 Å². The quantitative estimate of drug-likeness (QED) is 0.810. The Morgan fingerprint density at radius 2 is 1.96 bits per heavy atom. The number of nitrogens with zero attached hydrogens (tertiary/aromatic N) is 2. The van der Waals surface area contributed by atoms with E-state index in [1.54, 1.807) is 4.90 Å². The summed E-state index contributed by atoms with van der Waals surface area (Å²) in [7, 11) is 0. The Balaban J connectivity index is 1.87. The maximum atomic E-state index is 12.1. The molecule has 1 unspecified atom stereocenters. The molecule has 2 N–H and O–H groups in total. The second kappa shape index (κ2) is 7.49. The first-order valence-electron chi connectivity index (χ1n) is 8.26. The number of likely N-dealkylation sites (tertiary alicyclic amines) is 1. The van der Waals surface area contributed by atoms with Gasteiger partial charge in [-0.1, -0.05) is 0 Å². The fraction of sp³-hybridized carbons (Fsp3) is 0.812. The number of carbonyl (C=O) groups excluding carboxylic acids is 1. The molecular weight excluding hydrogens is 298 g/mol. The van der Waals surface area contributed by atoms with Gasteiger partial charge in [0.2, 0.25) is 0 Å². The topological polar surface area (TPSA) is 82.1 Å². The Labute approximate surface area is 138 Å². The van der Waals surface area contributed by atoms with Crippen molar-refractivity contribution in [2.24, 2.45) is 5.92 Å². The Kier molecular flexibility index (Phi) is 5.86. The van der Waals surface area contributed by atoms with E-state index in [-0.39, 0.29) is 18.7 Å². The monoisotopic (exact) mass is 326 g/mol. The molecule has 2 aliphatic heterocycles. The van der Waals surface area contributed by atoms with Gasteiger partial charge in [-0.05, 0) is 39.5 Å². The molecule has 23 heavy (non-hydrogen) atoms. The van der Waals surface area contributed by atoms with Crippen molar-refractivity contribution in [3.8, 4) is 0 Å². The molecule has 0 spiro atoms. The Bertz CT molecular complexity index is 428. The molecule has 2 rings (SSSR count). The molecule has 0 saturated carbocycles. The van der Waals surface area contributed by atoms with Crippen LogP contribution in [0.2, 0.25) is 0 Å². The zero-order chi connectivity index (χ0) is 17.0. The number of carbonyl (C=O) groups is 2. The van der Waals surface area contributed by atoms with Crippen molar-refractivity contribution >= 4 is 12.1 Å². The van der Waals surface area contributed by atoms with Crippen molar-refractivity contribution in [2.45, 2.75) is 45.3 Å². The predicted molar refractivity (Wildman–Crippen MR) is 85.8 cm³/mol. The van der Waals surface area contributed by atoms with Gasteiger partial charge < -0.3 is 20.1 Å². The average Bonchev–Trinajstić information content (AvgIpc) is 2.45. The van der Waals surface area contributed by atoms with Crippen LogP contribution in [-0.2, 0) is 9.53 Å². The predicted octanol–water partition coefficient (Wildman–Crippen LogP) is 1.15. The van der Waals surface area contributed by atoms with Crippen LogP contribution in [0, 0.1) is 12.5 Å². The lowest BCUT2D eigenvalue weighted by atomic mass is 9.87. The highest BCUT2D eigenvalue weighted by Gasteiger charge is 2.35. The SMILES string of the molecule is CC(C)(C)OC(=O)N1CCC(C2CNC[CH]N2CC(=O)O)CC1. The van der Waals surface area contributed by atoms with E-state index in [0.29, 0.717) is 25.6 Å². The van der Waals surface area contributed by atoms with E-state index >= 15 is 0 Å². The minimum Gasteiger partial charge on any atom is -0.480 e. The number of carboxylic acid groups (broad SMARTS) is 1. The normalized spacial score (nSPS) is 24.5. The van der Waals surface area contributed by atoms with Gasteiger partial charge >= 0.3 is 12.1 Å². The van der Waals surface area contributed by atoms with Gasteiger partial charge in [-0.15, -0.1) is 0 Å². The Morgan fingerprint density at radius 3 is 2.52 bits per heavy atom. The largest absolute Gasteiger partial charge is 0.480 e. The van der Waals surface area contributed by atoms with Gasteiger partial charge in [-0.25, -0.2) is 4.79 Å². The third-order valence-corrected chi connectivity index (χ3v) is 4.30. The van der Waals surface area contributed by atoms with Crippen LogP contribution >= 0.6 is 0 Å². The van der Waals surface area contributed by atoms with Crippen molar-refractivity contribution < 1.29 is 19.4 Å². The van der Waals surface area contributed by atoms with E-state index in [4.69, 9.17) is 9.84 Å². The first kappa shape index (κ1) is 18.0. The van der Waals surface area contributed by atoms with Crippen molar-refractivity contribution in [2.75, 3.05) is 32.7 Å². The third kappa shape index (κ3) is 5.35. The van der Waals surface area contributed by atoms with Crippen LogP contribution in [0.3, 0.4) is 0 Å². The van der Waals surface area contributed by atoms with Crippen LogP contribution in [0.5, 0.6) is 0 Å². The standard InChI is InChI=1S/C16H28N3O4/c1-16(2,3)23-15(22)18-7-4-12(5-8-18)13-10-17-6-9-19(13)11-14(20)21/h9,12-13,17H,4-8,10-11H2,1-3H3,(H,20,21). The molecule has 2 fully saturated rings. The number of piperidine rings is 1. The van der Waals surface area contributed by atoms with Crippen LogP contribution in [0.1, 0.15) is 33.6 Å². The van der Waals surface area contributed by atoms with Crippen LogP contribution in [-0.4, -0.2) is 71.3 Å². The molecule has 1 radical (unpaired) electrons. The maximum Gasteiger partial charge on any atom is 0.410 e. The maximum absolute atomic E-state index is 12.1. The molecule has 0 aromatic carbocycles. The summed E-state index contributed by atoms with van der Waals surface area (Å²) in [5.41, 5.74) is -0.478. The second-order valence-electron chi connectivity index (χ2n) is 7.28. The molecule has 0 bridgehead atoms. The molecule has 1 atom stereocenters. The Hall–Kier alpha value is -1.34. The van der Waals surface area contributed by atoms with Crippen molar-refractivity contribution in [3.63, 3.8) is 0 Å². The summed E-state index contributed by atoms with van der Waals surface area (Å²) >= 11 is 0. The highest BCUT2D eigenvalue weighted by molar-refractivity contribution is 5.69. The first-order valence-corrected chi connectivity index (χ1v) is 8.26. The molecule has 0 aromatic heterocycles. The van der Waals surface area contributed by atoms with Crippen LogP contribution in [0.25, 0.3) is 0 Å². The number of ether oxygens (including phenoxy) is 1. The van der Waals surface area contributed by atoms with Gasteiger partial charge in [0.05, 0.1) is 6.54 Å². The summed E-state index contributed by atoms with van der Waals surface area (Å²) < 4.78 is 5.41.